The molecule has 0 unspecified atom stereocenters. The van der Waals surface area contributed by atoms with Gasteiger partial charge in [-0.15, -0.1) is 0 Å². The van der Waals surface area contributed by atoms with Gasteiger partial charge in [0, 0.05) is 19.9 Å². The maximum Gasteiger partial charge on any atom is 0.242 e. The maximum absolute atomic E-state index is 11.2. The van der Waals surface area contributed by atoms with Gasteiger partial charge >= 0.3 is 0 Å². The van der Waals surface area contributed by atoms with Crippen LogP contribution in [0.3, 0.4) is 0 Å². The third-order valence-electron chi connectivity index (χ3n) is 2.59. The van der Waals surface area contributed by atoms with Crippen LogP contribution in [0.2, 0.25) is 0 Å². The molecular formula is C12H14N2O. The van der Waals surface area contributed by atoms with Crippen molar-refractivity contribution < 1.29 is 4.79 Å². The molecule has 1 aliphatic heterocycles. The van der Waals surface area contributed by atoms with Gasteiger partial charge in [0.1, 0.15) is 0 Å². The molecule has 1 heterocycles. The summed E-state index contributed by atoms with van der Waals surface area (Å²) in [5.41, 5.74) is 3.34. The molecule has 0 fully saturated rings. The highest BCUT2D eigenvalue weighted by atomic mass is 16.2. The first-order chi connectivity index (χ1) is 7.16. The van der Waals surface area contributed by atoms with Gasteiger partial charge in [-0.2, -0.15) is 5.10 Å². The Morgan fingerprint density at radius 3 is 2.47 bits per heavy atom. The highest BCUT2D eigenvalue weighted by Crippen LogP contribution is 2.14. The average molecular weight is 202 g/mol. The van der Waals surface area contributed by atoms with Crippen LogP contribution in [0, 0.1) is 6.92 Å². The first-order valence-corrected chi connectivity index (χ1v) is 5.08. The molecule has 0 aliphatic carbocycles. The van der Waals surface area contributed by atoms with Gasteiger partial charge in [0.15, 0.2) is 0 Å². The van der Waals surface area contributed by atoms with E-state index in [4.69, 9.17) is 0 Å². The van der Waals surface area contributed by atoms with Crippen LogP contribution in [0.25, 0.3) is 0 Å². The number of amides is 1. The summed E-state index contributed by atoms with van der Waals surface area (Å²) < 4.78 is 0. The molecule has 15 heavy (non-hydrogen) atoms. The fourth-order valence-electron chi connectivity index (χ4n) is 1.62. The fraction of sp³-hybridized carbons (Fsp3) is 0.333. The standard InChI is InChI=1S/C12H14N2O/c1-9-3-5-10(6-4-9)11-7-8-12(15)14(2)13-11/h3-6H,7-8H2,1-2H3. The van der Waals surface area contributed by atoms with Crippen LogP contribution in [-0.2, 0) is 4.79 Å². The van der Waals surface area contributed by atoms with E-state index < -0.39 is 0 Å². The van der Waals surface area contributed by atoms with Crippen molar-refractivity contribution in [3.8, 4) is 0 Å². The summed E-state index contributed by atoms with van der Waals surface area (Å²) in [4.78, 5) is 11.2. The minimum absolute atomic E-state index is 0.0888. The Labute approximate surface area is 89.4 Å². The Morgan fingerprint density at radius 1 is 1.20 bits per heavy atom. The van der Waals surface area contributed by atoms with Crippen molar-refractivity contribution in [1.82, 2.24) is 5.01 Å². The van der Waals surface area contributed by atoms with Crippen molar-refractivity contribution in [3.63, 3.8) is 0 Å². The quantitative estimate of drug-likeness (QED) is 0.685. The third kappa shape index (κ3) is 2.06. The Bertz CT molecular complexity index is 406. The zero-order valence-corrected chi connectivity index (χ0v) is 9.03. The molecule has 3 nitrogen and oxygen atoms in total. The molecule has 0 atom stereocenters. The van der Waals surface area contributed by atoms with E-state index in [1.54, 1.807) is 7.05 Å². The summed E-state index contributed by atoms with van der Waals surface area (Å²) in [5, 5.41) is 5.69. The topological polar surface area (TPSA) is 32.7 Å². The van der Waals surface area contributed by atoms with Crippen LogP contribution < -0.4 is 0 Å². The number of carbonyl (C=O) groups excluding carboxylic acids is 1. The highest BCUT2D eigenvalue weighted by molar-refractivity contribution is 6.04. The minimum atomic E-state index is 0.0888. The summed E-state index contributed by atoms with van der Waals surface area (Å²) in [6, 6.07) is 8.23. The van der Waals surface area contributed by atoms with E-state index in [1.807, 2.05) is 0 Å². The molecule has 2 rings (SSSR count). The molecule has 0 saturated heterocycles. The molecule has 1 aliphatic rings. The fourth-order valence-corrected chi connectivity index (χ4v) is 1.62. The van der Waals surface area contributed by atoms with Gasteiger partial charge in [-0.1, -0.05) is 29.8 Å². The van der Waals surface area contributed by atoms with Gasteiger partial charge in [0.2, 0.25) is 5.91 Å². The molecule has 0 saturated carbocycles. The van der Waals surface area contributed by atoms with E-state index in [2.05, 4.69) is 36.3 Å². The Balaban J connectivity index is 2.28. The van der Waals surface area contributed by atoms with Gasteiger partial charge in [-0.25, -0.2) is 5.01 Å². The zero-order chi connectivity index (χ0) is 10.8. The third-order valence-corrected chi connectivity index (χ3v) is 2.59. The maximum atomic E-state index is 11.2. The van der Waals surface area contributed by atoms with Gasteiger partial charge < -0.3 is 0 Å². The number of nitrogens with zero attached hydrogens (tertiary/aromatic N) is 2. The van der Waals surface area contributed by atoms with Gasteiger partial charge in [-0.05, 0) is 12.5 Å². The predicted octanol–water partition coefficient (Wildman–Crippen LogP) is 1.95. The first-order valence-electron chi connectivity index (χ1n) is 5.08. The second-order valence-corrected chi connectivity index (χ2v) is 3.83. The Kier molecular flexibility index (Phi) is 2.54. The van der Waals surface area contributed by atoms with Crippen LogP contribution in [0.5, 0.6) is 0 Å². The lowest BCUT2D eigenvalue weighted by Crippen LogP contribution is -2.28. The van der Waals surface area contributed by atoms with Crippen molar-refractivity contribution in [2.24, 2.45) is 5.10 Å². The van der Waals surface area contributed by atoms with Crippen molar-refractivity contribution in [3.05, 3.63) is 35.4 Å². The van der Waals surface area contributed by atoms with E-state index in [0.29, 0.717) is 6.42 Å². The van der Waals surface area contributed by atoms with E-state index in [-0.39, 0.29) is 5.91 Å². The van der Waals surface area contributed by atoms with Gasteiger partial charge in [0.05, 0.1) is 5.71 Å². The number of hydrazone groups is 1. The molecule has 78 valence electrons. The summed E-state index contributed by atoms with van der Waals surface area (Å²) in [5.74, 6) is 0.0888. The van der Waals surface area contributed by atoms with Crippen molar-refractivity contribution in [2.75, 3.05) is 7.05 Å². The second kappa shape index (κ2) is 3.85. The molecule has 1 amide bonds. The van der Waals surface area contributed by atoms with Crippen LogP contribution >= 0.6 is 0 Å². The van der Waals surface area contributed by atoms with E-state index in [1.165, 1.54) is 10.6 Å². The normalized spacial score (nSPS) is 16.5. The number of benzene rings is 1. The summed E-state index contributed by atoms with van der Waals surface area (Å²) in [7, 11) is 1.70. The summed E-state index contributed by atoms with van der Waals surface area (Å²) in [6.45, 7) is 2.06. The van der Waals surface area contributed by atoms with Crippen molar-refractivity contribution in [2.45, 2.75) is 19.8 Å². The smallest absolute Gasteiger partial charge is 0.242 e. The van der Waals surface area contributed by atoms with E-state index in [9.17, 15) is 4.79 Å². The van der Waals surface area contributed by atoms with Crippen LogP contribution in [0.4, 0.5) is 0 Å². The van der Waals surface area contributed by atoms with Crippen LogP contribution in [-0.4, -0.2) is 23.7 Å². The lowest BCUT2D eigenvalue weighted by Gasteiger charge is -2.19. The monoisotopic (exact) mass is 202 g/mol. The number of aryl methyl sites for hydroxylation is 1. The molecule has 3 heteroatoms. The summed E-state index contributed by atoms with van der Waals surface area (Å²) >= 11 is 0. The largest absolute Gasteiger partial charge is 0.273 e. The molecule has 0 aromatic heterocycles. The van der Waals surface area contributed by atoms with Crippen molar-refractivity contribution in [1.29, 1.82) is 0 Å². The van der Waals surface area contributed by atoms with E-state index >= 15 is 0 Å². The first kappa shape index (κ1) is 9.90. The number of hydrogen-bond donors (Lipinski definition) is 0. The number of hydrogen-bond acceptors (Lipinski definition) is 2. The predicted molar refractivity (Wildman–Crippen MR) is 59.7 cm³/mol. The molecule has 0 N–H and O–H groups in total. The summed E-state index contributed by atoms with van der Waals surface area (Å²) in [6.07, 6.45) is 1.30. The van der Waals surface area contributed by atoms with Crippen LogP contribution in [0.1, 0.15) is 24.0 Å². The van der Waals surface area contributed by atoms with Gasteiger partial charge in [0.25, 0.3) is 0 Å². The van der Waals surface area contributed by atoms with Gasteiger partial charge in [-0.3, -0.25) is 4.79 Å². The Morgan fingerprint density at radius 2 is 1.87 bits per heavy atom. The minimum Gasteiger partial charge on any atom is -0.273 e. The SMILES string of the molecule is Cc1ccc(C2=NN(C)C(=O)CC2)cc1. The average Bonchev–Trinajstić information content (AvgIpc) is 2.23. The lowest BCUT2D eigenvalue weighted by molar-refractivity contribution is -0.130. The molecule has 0 radical (unpaired) electrons. The van der Waals surface area contributed by atoms with Crippen molar-refractivity contribution >= 4 is 11.6 Å². The van der Waals surface area contributed by atoms with Crippen LogP contribution in [0.15, 0.2) is 29.4 Å². The molecule has 1 aromatic rings. The van der Waals surface area contributed by atoms with E-state index in [0.717, 1.165) is 17.7 Å². The number of carbonyl (C=O) groups is 1. The molecule has 0 bridgehead atoms. The second-order valence-electron chi connectivity index (χ2n) is 3.83. The number of rotatable bonds is 1. The Hall–Kier alpha value is -1.64. The lowest BCUT2D eigenvalue weighted by atomic mass is 10.0. The zero-order valence-electron chi connectivity index (χ0n) is 9.03. The molecule has 0 spiro atoms. The molecule has 1 aromatic carbocycles. The highest BCUT2D eigenvalue weighted by Gasteiger charge is 2.17. The molecular weight excluding hydrogens is 188 g/mol.